The van der Waals surface area contributed by atoms with E-state index in [-0.39, 0.29) is 17.6 Å². The molecule has 0 radical (unpaired) electrons. The Bertz CT molecular complexity index is 502. The molecule has 116 valence electrons. The van der Waals surface area contributed by atoms with E-state index in [2.05, 4.69) is 17.2 Å². The van der Waals surface area contributed by atoms with Gasteiger partial charge in [-0.05, 0) is 39.3 Å². The van der Waals surface area contributed by atoms with E-state index in [1.54, 1.807) is 12.3 Å². The molecule has 1 aromatic rings. The van der Waals surface area contributed by atoms with E-state index in [0.717, 1.165) is 18.8 Å². The van der Waals surface area contributed by atoms with E-state index < -0.39 is 0 Å². The summed E-state index contributed by atoms with van der Waals surface area (Å²) >= 11 is 0. The molecule has 1 aliphatic rings. The minimum atomic E-state index is -0.302. The molecule has 0 bridgehead atoms. The smallest absolute Gasteiger partial charge is 0.254 e. The number of nitrogens with zero attached hydrogens (tertiary/aromatic N) is 2. The van der Waals surface area contributed by atoms with Crippen molar-refractivity contribution in [2.24, 2.45) is 0 Å². The van der Waals surface area contributed by atoms with Crippen molar-refractivity contribution in [3.8, 4) is 0 Å². The first kappa shape index (κ1) is 15.8. The number of anilines is 1. The zero-order valence-corrected chi connectivity index (χ0v) is 13.3. The highest BCUT2D eigenvalue weighted by atomic mass is 16.5. The van der Waals surface area contributed by atoms with Crippen LogP contribution < -0.4 is 5.32 Å². The number of nitrogens with one attached hydrogen (secondary N) is 1. The van der Waals surface area contributed by atoms with E-state index in [1.165, 1.54) is 0 Å². The van der Waals surface area contributed by atoms with Crippen LogP contribution in [0.15, 0.2) is 18.3 Å². The van der Waals surface area contributed by atoms with Crippen LogP contribution in [0.4, 0.5) is 5.82 Å². The van der Waals surface area contributed by atoms with Crippen LogP contribution in [0.2, 0.25) is 0 Å². The first-order valence-electron chi connectivity index (χ1n) is 7.58. The molecule has 1 aromatic heterocycles. The van der Waals surface area contributed by atoms with Gasteiger partial charge < -0.3 is 15.0 Å². The summed E-state index contributed by atoms with van der Waals surface area (Å²) in [5, 5.41) is 3.21. The number of rotatable bonds is 4. The second-order valence-electron chi connectivity index (χ2n) is 6.23. The molecule has 1 aliphatic heterocycles. The second kappa shape index (κ2) is 6.43. The summed E-state index contributed by atoms with van der Waals surface area (Å²) in [5.41, 5.74) is 0.373. The van der Waals surface area contributed by atoms with Gasteiger partial charge in [0.1, 0.15) is 5.82 Å². The van der Waals surface area contributed by atoms with Crippen molar-refractivity contribution in [2.75, 3.05) is 25.0 Å². The maximum Gasteiger partial charge on any atom is 0.254 e. The Hall–Kier alpha value is -1.62. The Labute approximate surface area is 126 Å². The predicted molar refractivity (Wildman–Crippen MR) is 83.5 cm³/mol. The van der Waals surface area contributed by atoms with Gasteiger partial charge in [0, 0.05) is 31.4 Å². The molecule has 1 unspecified atom stereocenters. The highest BCUT2D eigenvalue weighted by Crippen LogP contribution is 2.22. The summed E-state index contributed by atoms with van der Waals surface area (Å²) < 4.78 is 5.85. The molecule has 1 fully saturated rings. The van der Waals surface area contributed by atoms with Crippen molar-refractivity contribution in [3.63, 3.8) is 0 Å². The largest absolute Gasteiger partial charge is 0.370 e. The summed E-state index contributed by atoms with van der Waals surface area (Å²) in [6.45, 7) is 10.2. The quantitative estimate of drug-likeness (QED) is 0.926. The summed E-state index contributed by atoms with van der Waals surface area (Å²) in [6.07, 6.45) is 2.76. The SMILES string of the molecule is CCCNc1cc(C(=O)N2CC(C)OC(C)(C)C2)ccn1. The molecular weight excluding hydrogens is 266 g/mol. The highest BCUT2D eigenvalue weighted by Gasteiger charge is 2.34. The van der Waals surface area contributed by atoms with Crippen molar-refractivity contribution in [3.05, 3.63) is 23.9 Å². The topological polar surface area (TPSA) is 54.5 Å². The molecule has 1 amide bonds. The van der Waals surface area contributed by atoms with Crippen LogP contribution in [0, 0.1) is 0 Å². The zero-order chi connectivity index (χ0) is 15.5. The van der Waals surface area contributed by atoms with Crippen LogP contribution >= 0.6 is 0 Å². The van der Waals surface area contributed by atoms with Crippen LogP contribution in [-0.4, -0.2) is 47.1 Å². The minimum Gasteiger partial charge on any atom is -0.370 e. The number of carbonyl (C=O) groups excluding carboxylic acids is 1. The van der Waals surface area contributed by atoms with E-state index >= 15 is 0 Å². The van der Waals surface area contributed by atoms with Gasteiger partial charge in [-0.1, -0.05) is 6.92 Å². The fraction of sp³-hybridized carbons (Fsp3) is 0.625. The molecule has 2 rings (SSSR count). The number of aromatic nitrogens is 1. The number of ether oxygens (including phenoxy) is 1. The monoisotopic (exact) mass is 291 g/mol. The summed E-state index contributed by atoms with van der Waals surface area (Å²) in [6, 6.07) is 3.59. The van der Waals surface area contributed by atoms with Crippen molar-refractivity contribution in [2.45, 2.75) is 45.8 Å². The average Bonchev–Trinajstić information content (AvgIpc) is 2.42. The van der Waals surface area contributed by atoms with Gasteiger partial charge in [-0.3, -0.25) is 4.79 Å². The second-order valence-corrected chi connectivity index (χ2v) is 6.23. The molecule has 0 spiro atoms. The molecule has 1 N–H and O–H groups in total. The molecule has 5 heteroatoms. The Morgan fingerprint density at radius 1 is 1.57 bits per heavy atom. The molecule has 2 heterocycles. The van der Waals surface area contributed by atoms with Crippen molar-refractivity contribution >= 4 is 11.7 Å². The molecule has 0 saturated carbocycles. The van der Waals surface area contributed by atoms with E-state index in [4.69, 9.17) is 4.74 Å². The zero-order valence-electron chi connectivity index (χ0n) is 13.3. The summed E-state index contributed by atoms with van der Waals surface area (Å²) in [7, 11) is 0. The Balaban J connectivity index is 2.12. The number of hydrogen-bond donors (Lipinski definition) is 1. The van der Waals surface area contributed by atoms with E-state index in [9.17, 15) is 4.79 Å². The summed E-state index contributed by atoms with van der Waals surface area (Å²) in [4.78, 5) is 18.8. The molecule has 0 aliphatic carbocycles. The van der Waals surface area contributed by atoms with Crippen LogP contribution in [-0.2, 0) is 4.74 Å². The number of hydrogen-bond acceptors (Lipinski definition) is 4. The number of carbonyl (C=O) groups is 1. The molecule has 21 heavy (non-hydrogen) atoms. The molecular formula is C16H25N3O2. The van der Waals surface area contributed by atoms with Crippen molar-refractivity contribution < 1.29 is 9.53 Å². The molecule has 1 saturated heterocycles. The minimum absolute atomic E-state index is 0.0418. The fourth-order valence-corrected chi connectivity index (χ4v) is 2.70. The lowest BCUT2D eigenvalue weighted by Crippen LogP contribution is -2.53. The lowest BCUT2D eigenvalue weighted by atomic mass is 10.0. The van der Waals surface area contributed by atoms with Crippen LogP contribution in [0.1, 0.15) is 44.5 Å². The molecule has 5 nitrogen and oxygen atoms in total. The van der Waals surface area contributed by atoms with Crippen LogP contribution in [0.5, 0.6) is 0 Å². The standard InChI is InChI=1S/C16H25N3O2/c1-5-7-17-14-9-13(6-8-18-14)15(20)19-10-12(2)21-16(3,4)11-19/h6,8-9,12H,5,7,10-11H2,1-4H3,(H,17,18). The van der Waals surface area contributed by atoms with Gasteiger partial charge in [0.05, 0.1) is 11.7 Å². The van der Waals surface area contributed by atoms with Crippen molar-refractivity contribution in [1.82, 2.24) is 9.88 Å². The van der Waals surface area contributed by atoms with E-state index in [0.29, 0.717) is 18.7 Å². The lowest BCUT2D eigenvalue weighted by molar-refractivity contribution is -0.118. The third kappa shape index (κ3) is 4.17. The first-order chi connectivity index (χ1) is 9.91. The van der Waals surface area contributed by atoms with Crippen LogP contribution in [0.3, 0.4) is 0 Å². The normalized spacial score (nSPS) is 21.1. The maximum absolute atomic E-state index is 12.7. The van der Waals surface area contributed by atoms with Gasteiger partial charge >= 0.3 is 0 Å². The Morgan fingerprint density at radius 2 is 2.33 bits per heavy atom. The average molecular weight is 291 g/mol. The van der Waals surface area contributed by atoms with Gasteiger partial charge in [0.25, 0.3) is 5.91 Å². The lowest BCUT2D eigenvalue weighted by Gasteiger charge is -2.41. The van der Waals surface area contributed by atoms with Gasteiger partial charge in [-0.15, -0.1) is 0 Å². The number of amides is 1. The van der Waals surface area contributed by atoms with Gasteiger partial charge in [0.2, 0.25) is 0 Å². The number of pyridine rings is 1. The first-order valence-corrected chi connectivity index (χ1v) is 7.58. The van der Waals surface area contributed by atoms with Crippen molar-refractivity contribution in [1.29, 1.82) is 0 Å². The van der Waals surface area contributed by atoms with Gasteiger partial charge in [-0.2, -0.15) is 0 Å². The Kier molecular flexibility index (Phi) is 4.83. The predicted octanol–water partition coefficient (Wildman–Crippen LogP) is 2.54. The highest BCUT2D eigenvalue weighted by molar-refractivity contribution is 5.95. The third-order valence-electron chi connectivity index (χ3n) is 3.42. The summed E-state index contributed by atoms with van der Waals surface area (Å²) in [5.74, 6) is 0.795. The van der Waals surface area contributed by atoms with Gasteiger partial charge in [0.15, 0.2) is 0 Å². The van der Waals surface area contributed by atoms with Gasteiger partial charge in [-0.25, -0.2) is 4.98 Å². The maximum atomic E-state index is 12.7. The fourth-order valence-electron chi connectivity index (χ4n) is 2.70. The third-order valence-corrected chi connectivity index (χ3v) is 3.42. The molecule has 1 atom stereocenters. The Morgan fingerprint density at radius 3 is 3.00 bits per heavy atom. The van der Waals surface area contributed by atoms with E-state index in [1.807, 2.05) is 31.7 Å². The molecule has 0 aromatic carbocycles. The number of morpholine rings is 1. The van der Waals surface area contributed by atoms with Crippen LogP contribution in [0.25, 0.3) is 0 Å².